The maximum absolute atomic E-state index is 12.3. The van der Waals surface area contributed by atoms with E-state index >= 15 is 0 Å². The van der Waals surface area contributed by atoms with E-state index in [1.807, 2.05) is 25.1 Å². The fraction of sp³-hybridized carbons (Fsp3) is 0.150. The molecule has 1 N–H and O–H groups in total. The van der Waals surface area contributed by atoms with E-state index in [1.165, 1.54) is 0 Å². The number of aromatic nitrogens is 2. The quantitative estimate of drug-likeness (QED) is 0.412. The number of nitrogens with one attached hydrogen (secondary N) is 1. The van der Waals surface area contributed by atoms with Crippen molar-refractivity contribution in [2.45, 2.75) is 19.8 Å². The van der Waals surface area contributed by atoms with Gasteiger partial charge in [0.25, 0.3) is 0 Å². The van der Waals surface area contributed by atoms with Crippen LogP contribution < -0.4 is 5.32 Å². The van der Waals surface area contributed by atoms with Gasteiger partial charge in [0.1, 0.15) is 0 Å². The molecular weight excluding hydrogens is 417 g/mol. The molecule has 0 unspecified atom stereocenters. The lowest BCUT2D eigenvalue weighted by Crippen LogP contribution is -2.12. The van der Waals surface area contributed by atoms with Crippen LogP contribution in [0, 0.1) is 6.92 Å². The van der Waals surface area contributed by atoms with Gasteiger partial charge in [0.2, 0.25) is 5.91 Å². The molecule has 8 heteroatoms. The molecule has 5 nitrogen and oxygen atoms in total. The first-order valence-electron chi connectivity index (χ1n) is 8.55. The zero-order valence-electron chi connectivity index (χ0n) is 14.8. The molecule has 0 radical (unpaired) electrons. The molecule has 2 aromatic carbocycles. The molecule has 0 spiro atoms. The molecule has 0 fully saturated rings. The van der Waals surface area contributed by atoms with Crippen molar-refractivity contribution in [3.63, 3.8) is 0 Å². The zero-order chi connectivity index (χ0) is 19.7. The number of rotatable bonds is 5. The first-order chi connectivity index (χ1) is 13.5. The molecule has 1 amide bonds. The van der Waals surface area contributed by atoms with Crippen LogP contribution in [-0.2, 0) is 11.2 Å². The summed E-state index contributed by atoms with van der Waals surface area (Å²) in [5, 5.41) is 4.94. The normalized spacial score (nSPS) is 11.1. The van der Waals surface area contributed by atoms with Crippen LogP contribution in [-0.4, -0.2) is 15.9 Å². The molecule has 28 heavy (non-hydrogen) atoms. The van der Waals surface area contributed by atoms with E-state index in [0.717, 1.165) is 20.9 Å². The number of thiazole rings is 1. The van der Waals surface area contributed by atoms with Gasteiger partial charge in [-0.1, -0.05) is 23.2 Å². The van der Waals surface area contributed by atoms with Gasteiger partial charge in [-0.25, -0.2) is 9.97 Å². The summed E-state index contributed by atoms with van der Waals surface area (Å²) < 4.78 is 6.77. The smallest absolute Gasteiger partial charge is 0.224 e. The number of nitrogens with zero attached hydrogens (tertiary/aromatic N) is 2. The third-order valence-electron chi connectivity index (χ3n) is 4.10. The Morgan fingerprint density at radius 1 is 1.21 bits per heavy atom. The number of aryl methyl sites for hydroxylation is 2. The monoisotopic (exact) mass is 431 g/mol. The minimum absolute atomic E-state index is 0.107. The second-order valence-corrected chi connectivity index (χ2v) is 8.28. The third-order valence-corrected chi connectivity index (χ3v) is 5.58. The maximum atomic E-state index is 12.3. The third kappa shape index (κ3) is 4.19. The molecule has 0 atom stereocenters. The average Bonchev–Trinajstić information content (AvgIpc) is 3.25. The number of carbonyl (C=O) groups is 1. The Hall–Kier alpha value is -2.41. The summed E-state index contributed by atoms with van der Waals surface area (Å²) in [6, 6.07) is 10.9. The largest absolute Gasteiger partial charge is 0.441 e. The van der Waals surface area contributed by atoms with E-state index in [9.17, 15) is 4.79 Å². The highest BCUT2D eigenvalue weighted by atomic mass is 35.5. The summed E-state index contributed by atoms with van der Waals surface area (Å²) in [6.07, 6.45) is 2.25. The molecule has 0 saturated heterocycles. The van der Waals surface area contributed by atoms with Crippen molar-refractivity contribution in [1.82, 2.24) is 9.97 Å². The SMILES string of the molecule is Cc1nc2ccc(NC(=O)CCc3ncc(-c4ccc(Cl)cc4Cl)o3)cc2s1. The Kier molecular flexibility index (Phi) is 5.35. The van der Waals surface area contributed by atoms with Crippen LogP contribution in [0.2, 0.25) is 10.0 Å². The number of amides is 1. The Labute approximate surface area is 175 Å². The highest BCUT2D eigenvalue weighted by Gasteiger charge is 2.12. The second kappa shape index (κ2) is 7.91. The average molecular weight is 432 g/mol. The van der Waals surface area contributed by atoms with Crippen LogP contribution in [0.3, 0.4) is 0 Å². The summed E-state index contributed by atoms with van der Waals surface area (Å²) >= 11 is 13.7. The molecule has 2 heterocycles. The van der Waals surface area contributed by atoms with Crippen LogP contribution in [0.4, 0.5) is 5.69 Å². The zero-order valence-corrected chi connectivity index (χ0v) is 17.2. The van der Waals surface area contributed by atoms with E-state index in [2.05, 4.69) is 15.3 Å². The number of halogens is 2. The first kappa shape index (κ1) is 18.9. The number of anilines is 1. The predicted octanol–water partition coefficient (Wildman–Crippen LogP) is 6.14. The summed E-state index contributed by atoms with van der Waals surface area (Å²) in [6.45, 7) is 1.96. The summed E-state index contributed by atoms with van der Waals surface area (Å²) in [4.78, 5) is 20.9. The summed E-state index contributed by atoms with van der Waals surface area (Å²) in [7, 11) is 0. The van der Waals surface area contributed by atoms with Crippen LogP contribution in [0.15, 0.2) is 47.0 Å². The fourth-order valence-corrected chi connectivity index (χ4v) is 4.17. The first-order valence-corrected chi connectivity index (χ1v) is 10.1. The lowest BCUT2D eigenvalue weighted by atomic mass is 10.2. The Balaban J connectivity index is 1.38. The van der Waals surface area contributed by atoms with Gasteiger partial charge in [0.15, 0.2) is 11.7 Å². The van der Waals surface area contributed by atoms with Crippen LogP contribution >= 0.6 is 34.5 Å². The highest BCUT2D eigenvalue weighted by Crippen LogP contribution is 2.31. The van der Waals surface area contributed by atoms with Crippen molar-refractivity contribution in [3.05, 3.63) is 63.5 Å². The fourth-order valence-electron chi connectivity index (χ4n) is 2.80. The molecule has 4 aromatic rings. The minimum Gasteiger partial charge on any atom is -0.441 e. The predicted molar refractivity (Wildman–Crippen MR) is 113 cm³/mol. The standard InChI is InChI=1S/C20H15Cl2N3O2S/c1-11-24-16-5-3-13(9-18(16)28-11)25-19(26)6-7-20-23-10-17(27-20)14-4-2-12(21)8-15(14)22/h2-5,8-10H,6-7H2,1H3,(H,25,26). The lowest BCUT2D eigenvalue weighted by molar-refractivity contribution is -0.116. The van der Waals surface area contributed by atoms with Gasteiger partial charge in [-0.05, 0) is 43.3 Å². The molecule has 0 aliphatic heterocycles. The second-order valence-electron chi connectivity index (χ2n) is 6.21. The van der Waals surface area contributed by atoms with E-state index in [0.29, 0.717) is 33.7 Å². The summed E-state index contributed by atoms with van der Waals surface area (Å²) in [5.41, 5.74) is 2.40. The molecular formula is C20H15Cl2N3O2S. The van der Waals surface area contributed by atoms with Crippen molar-refractivity contribution in [3.8, 4) is 11.3 Å². The van der Waals surface area contributed by atoms with E-state index in [-0.39, 0.29) is 12.3 Å². The van der Waals surface area contributed by atoms with Crippen molar-refractivity contribution in [2.75, 3.05) is 5.32 Å². The van der Waals surface area contributed by atoms with Crippen molar-refractivity contribution >= 4 is 56.3 Å². The molecule has 0 aliphatic rings. The molecule has 0 aliphatic carbocycles. The van der Waals surface area contributed by atoms with Crippen molar-refractivity contribution in [1.29, 1.82) is 0 Å². The number of hydrogen-bond acceptors (Lipinski definition) is 5. The van der Waals surface area contributed by atoms with Crippen LogP contribution in [0.1, 0.15) is 17.3 Å². The van der Waals surface area contributed by atoms with Gasteiger partial charge >= 0.3 is 0 Å². The van der Waals surface area contributed by atoms with Gasteiger partial charge in [0.05, 0.1) is 26.4 Å². The van der Waals surface area contributed by atoms with Gasteiger partial charge in [-0.3, -0.25) is 4.79 Å². The minimum atomic E-state index is -0.107. The lowest BCUT2D eigenvalue weighted by Gasteiger charge is -2.04. The molecule has 4 rings (SSSR count). The van der Waals surface area contributed by atoms with Crippen LogP contribution in [0.25, 0.3) is 21.5 Å². The number of hydrogen-bond donors (Lipinski definition) is 1. The Bertz CT molecular complexity index is 1170. The van der Waals surface area contributed by atoms with E-state index in [1.54, 1.807) is 35.7 Å². The molecule has 0 saturated carbocycles. The Morgan fingerprint density at radius 2 is 2.07 bits per heavy atom. The highest BCUT2D eigenvalue weighted by molar-refractivity contribution is 7.18. The van der Waals surface area contributed by atoms with Gasteiger partial charge < -0.3 is 9.73 Å². The van der Waals surface area contributed by atoms with Crippen molar-refractivity contribution < 1.29 is 9.21 Å². The molecule has 0 bridgehead atoms. The molecule has 142 valence electrons. The number of fused-ring (bicyclic) bond motifs is 1. The topological polar surface area (TPSA) is 68.0 Å². The summed E-state index contributed by atoms with van der Waals surface area (Å²) in [5.74, 6) is 0.914. The maximum Gasteiger partial charge on any atom is 0.224 e. The number of carbonyl (C=O) groups excluding carboxylic acids is 1. The van der Waals surface area contributed by atoms with Crippen LogP contribution in [0.5, 0.6) is 0 Å². The van der Waals surface area contributed by atoms with E-state index in [4.69, 9.17) is 27.6 Å². The van der Waals surface area contributed by atoms with Crippen molar-refractivity contribution in [2.24, 2.45) is 0 Å². The van der Waals surface area contributed by atoms with Gasteiger partial charge in [0, 0.05) is 29.1 Å². The van der Waals surface area contributed by atoms with E-state index < -0.39 is 0 Å². The van der Waals surface area contributed by atoms with Gasteiger partial charge in [-0.2, -0.15) is 0 Å². The Morgan fingerprint density at radius 3 is 2.89 bits per heavy atom. The number of oxazole rings is 1. The number of benzene rings is 2. The molecule has 2 aromatic heterocycles. The van der Waals surface area contributed by atoms with Gasteiger partial charge in [-0.15, -0.1) is 11.3 Å².